The maximum absolute atomic E-state index is 11.9. The molecule has 22 heavy (non-hydrogen) atoms. The van der Waals surface area contributed by atoms with Crippen LogP contribution >= 0.6 is 0 Å². The standard InChI is InChI=1S/C18H27NO3/c1-18(2,3)22-17(20)19-15-7-5-6-14(12-15)13-8-10-16(21-4)11-9-13/h8-11,14-15H,5-7,12H2,1-4H3,(H,19,20)/t14-,15+/m0/s1. The maximum atomic E-state index is 11.9. The van der Waals surface area contributed by atoms with Crippen molar-refractivity contribution < 1.29 is 14.3 Å². The van der Waals surface area contributed by atoms with Crippen LogP contribution in [0.5, 0.6) is 5.75 Å². The minimum atomic E-state index is -0.450. The molecule has 4 heteroatoms. The van der Waals surface area contributed by atoms with Crippen molar-refractivity contribution in [1.29, 1.82) is 0 Å². The molecule has 0 aromatic heterocycles. The number of carbonyl (C=O) groups is 1. The smallest absolute Gasteiger partial charge is 0.407 e. The van der Waals surface area contributed by atoms with Gasteiger partial charge in [0.15, 0.2) is 0 Å². The summed E-state index contributed by atoms with van der Waals surface area (Å²) in [6.07, 6.45) is 3.96. The fourth-order valence-electron chi connectivity index (χ4n) is 2.97. The Balaban J connectivity index is 1.92. The minimum Gasteiger partial charge on any atom is -0.497 e. The molecule has 1 saturated carbocycles. The molecule has 0 heterocycles. The number of benzene rings is 1. The third-order valence-corrected chi connectivity index (χ3v) is 3.98. The number of alkyl carbamates (subject to hydrolysis) is 1. The molecule has 0 spiro atoms. The number of methoxy groups -OCH3 is 1. The molecule has 122 valence electrons. The molecule has 4 nitrogen and oxygen atoms in total. The summed E-state index contributed by atoms with van der Waals surface area (Å²) in [4.78, 5) is 11.9. The van der Waals surface area contributed by atoms with Crippen molar-refractivity contribution in [3.8, 4) is 5.75 Å². The fraction of sp³-hybridized carbons (Fsp3) is 0.611. The zero-order valence-electron chi connectivity index (χ0n) is 14.0. The predicted octanol–water partition coefficient (Wildman–Crippen LogP) is 4.25. The molecule has 1 fully saturated rings. The molecule has 0 bridgehead atoms. The maximum Gasteiger partial charge on any atom is 0.407 e. The first-order valence-electron chi connectivity index (χ1n) is 8.01. The average molecular weight is 305 g/mol. The van der Waals surface area contributed by atoms with Gasteiger partial charge < -0.3 is 14.8 Å². The largest absolute Gasteiger partial charge is 0.497 e. The first-order chi connectivity index (χ1) is 10.4. The molecule has 2 rings (SSSR count). The molecule has 0 aliphatic heterocycles. The molecule has 0 saturated heterocycles. The zero-order valence-corrected chi connectivity index (χ0v) is 14.0. The minimum absolute atomic E-state index is 0.190. The number of nitrogens with one attached hydrogen (secondary N) is 1. The van der Waals surface area contributed by atoms with Gasteiger partial charge in [-0.15, -0.1) is 0 Å². The van der Waals surface area contributed by atoms with Gasteiger partial charge in [0, 0.05) is 6.04 Å². The molecule has 1 N–H and O–H groups in total. The van der Waals surface area contributed by atoms with Crippen LogP contribution in [0, 0.1) is 0 Å². The summed E-state index contributed by atoms with van der Waals surface area (Å²) in [5.74, 6) is 1.36. The number of ether oxygens (including phenoxy) is 2. The molecular formula is C18H27NO3. The van der Waals surface area contributed by atoms with Gasteiger partial charge in [-0.1, -0.05) is 18.6 Å². The van der Waals surface area contributed by atoms with Gasteiger partial charge in [0.1, 0.15) is 11.4 Å². The summed E-state index contributed by atoms with van der Waals surface area (Å²) in [6, 6.07) is 8.44. The lowest BCUT2D eigenvalue weighted by Gasteiger charge is -2.31. The Morgan fingerprint density at radius 1 is 1.18 bits per heavy atom. The van der Waals surface area contributed by atoms with E-state index in [1.54, 1.807) is 7.11 Å². The quantitative estimate of drug-likeness (QED) is 0.908. The van der Waals surface area contributed by atoms with Crippen LogP contribution in [0.25, 0.3) is 0 Å². The first kappa shape index (κ1) is 16.7. The van der Waals surface area contributed by atoms with Crippen LogP contribution in [-0.4, -0.2) is 24.8 Å². The van der Waals surface area contributed by atoms with E-state index in [0.29, 0.717) is 5.92 Å². The van der Waals surface area contributed by atoms with E-state index in [-0.39, 0.29) is 12.1 Å². The van der Waals surface area contributed by atoms with Crippen LogP contribution in [0.2, 0.25) is 0 Å². The van der Waals surface area contributed by atoms with E-state index in [4.69, 9.17) is 9.47 Å². The van der Waals surface area contributed by atoms with Crippen molar-refractivity contribution in [1.82, 2.24) is 5.32 Å². The van der Waals surface area contributed by atoms with Gasteiger partial charge in [-0.25, -0.2) is 4.79 Å². The van der Waals surface area contributed by atoms with E-state index in [9.17, 15) is 4.79 Å². The third kappa shape index (κ3) is 4.93. The Morgan fingerprint density at radius 2 is 1.86 bits per heavy atom. The molecule has 1 aliphatic rings. The lowest BCUT2D eigenvalue weighted by atomic mass is 9.81. The van der Waals surface area contributed by atoms with Crippen LogP contribution < -0.4 is 10.1 Å². The first-order valence-corrected chi connectivity index (χ1v) is 8.01. The van der Waals surface area contributed by atoms with E-state index in [1.807, 2.05) is 32.9 Å². The molecule has 1 aliphatic carbocycles. The molecular weight excluding hydrogens is 278 g/mol. The van der Waals surface area contributed by atoms with Crippen molar-refractivity contribution in [2.45, 2.75) is 64.0 Å². The summed E-state index contributed by atoms with van der Waals surface area (Å²) in [5.41, 5.74) is 0.866. The van der Waals surface area contributed by atoms with Gasteiger partial charge >= 0.3 is 6.09 Å². The molecule has 1 aromatic carbocycles. The summed E-state index contributed by atoms with van der Waals surface area (Å²) in [5, 5.41) is 3.01. The van der Waals surface area contributed by atoms with Gasteiger partial charge in [0.2, 0.25) is 0 Å². The highest BCUT2D eigenvalue weighted by Crippen LogP contribution is 2.33. The van der Waals surface area contributed by atoms with E-state index in [0.717, 1.165) is 25.0 Å². The predicted molar refractivity (Wildman–Crippen MR) is 87.4 cm³/mol. The van der Waals surface area contributed by atoms with Crippen LogP contribution in [-0.2, 0) is 4.74 Å². The second kappa shape index (κ2) is 7.03. The van der Waals surface area contributed by atoms with Crippen LogP contribution in [0.3, 0.4) is 0 Å². The van der Waals surface area contributed by atoms with Crippen molar-refractivity contribution >= 4 is 6.09 Å². The normalized spacial score (nSPS) is 22.0. The van der Waals surface area contributed by atoms with Crippen LogP contribution in [0.1, 0.15) is 57.9 Å². The average Bonchev–Trinajstić information content (AvgIpc) is 2.45. The van der Waals surface area contributed by atoms with Gasteiger partial charge in [-0.3, -0.25) is 0 Å². The molecule has 0 unspecified atom stereocenters. The Bertz CT molecular complexity index is 490. The number of amides is 1. The zero-order chi connectivity index (χ0) is 16.2. The van der Waals surface area contributed by atoms with E-state index in [2.05, 4.69) is 17.4 Å². The fourth-order valence-corrected chi connectivity index (χ4v) is 2.97. The molecule has 2 atom stereocenters. The summed E-state index contributed by atoms with van der Waals surface area (Å²) >= 11 is 0. The summed E-state index contributed by atoms with van der Waals surface area (Å²) in [7, 11) is 1.68. The summed E-state index contributed by atoms with van der Waals surface area (Å²) in [6.45, 7) is 5.65. The van der Waals surface area contributed by atoms with E-state index in [1.165, 1.54) is 12.0 Å². The Labute approximate surface area is 133 Å². The molecule has 0 radical (unpaired) electrons. The Hall–Kier alpha value is -1.71. The highest BCUT2D eigenvalue weighted by Gasteiger charge is 2.26. The van der Waals surface area contributed by atoms with Gasteiger partial charge in [0.05, 0.1) is 7.11 Å². The number of carbonyl (C=O) groups excluding carboxylic acids is 1. The van der Waals surface area contributed by atoms with Crippen LogP contribution in [0.4, 0.5) is 4.79 Å². The molecule has 1 amide bonds. The second-order valence-electron chi connectivity index (χ2n) is 6.98. The lowest BCUT2D eigenvalue weighted by molar-refractivity contribution is 0.0490. The van der Waals surface area contributed by atoms with Crippen molar-refractivity contribution in [3.05, 3.63) is 29.8 Å². The topological polar surface area (TPSA) is 47.6 Å². The Kier molecular flexibility index (Phi) is 5.33. The van der Waals surface area contributed by atoms with Gasteiger partial charge in [0.25, 0.3) is 0 Å². The van der Waals surface area contributed by atoms with E-state index < -0.39 is 5.60 Å². The SMILES string of the molecule is COc1ccc([C@H]2CCC[C@@H](NC(=O)OC(C)(C)C)C2)cc1. The number of rotatable bonds is 3. The summed E-state index contributed by atoms with van der Waals surface area (Å²) < 4.78 is 10.5. The van der Waals surface area contributed by atoms with Gasteiger partial charge in [-0.05, 0) is 63.6 Å². The number of hydrogen-bond donors (Lipinski definition) is 1. The highest BCUT2D eigenvalue weighted by atomic mass is 16.6. The highest BCUT2D eigenvalue weighted by molar-refractivity contribution is 5.68. The van der Waals surface area contributed by atoms with Crippen molar-refractivity contribution in [2.24, 2.45) is 0 Å². The third-order valence-electron chi connectivity index (χ3n) is 3.98. The monoisotopic (exact) mass is 305 g/mol. The van der Waals surface area contributed by atoms with Crippen LogP contribution in [0.15, 0.2) is 24.3 Å². The number of hydrogen-bond acceptors (Lipinski definition) is 3. The van der Waals surface area contributed by atoms with Gasteiger partial charge in [-0.2, -0.15) is 0 Å². The van der Waals surface area contributed by atoms with E-state index >= 15 is 0 Å². The second-order valence-corrected chi connectivity index (χ2v) is 6.98. The lowest BCUT2D eigenvalue weighted by Crippen LogP contribution is -2.41. The Morgan fingerprint density at radius 3 is 2.45 bits per heavy atom. The van der Waals surface area contributed by atoms with Crippen molar-refractivity contribution in [3.63, 3.8) is 0 Å². The molecule has 1 aromatic rings. The van der Waals surface area contributed by atoms with Crippen molar-refractivity contribution in [2.75, 3.05) is 7.11 Å².